The van der Waals surface area contributed by atoms with E-state index in [4.69, 9.17) is 10.5 Å². The number of nitrogens with zero attached hydrogens (tertiary/aromatic N) is 5. The Hall–Kier alpha value is -3.40. The number of nitrogens with two attached hydrogens (primary N) is 1. The second-order valence-electron chi connectivity index (χ2n) is 8.41. The number of hydrogen-bond acceptors (Lipinski definition) is 7. The van der Waals surface area contributed by atoms with Gasteiger partial charge < -0.3 is 15.8 Å². The summed E-state index contributed by atoms with van der Waals surface area (Å²) in [5.41, 5.74) is 7.40. The van der Waals surface area contributed by atoms with Gasteiger partial charge >= 0.3 is 0 Å². The van der Waals surface area contributed by atoms with Crippen LogP contribution in [-0.4, -0.2) is 43.8 Å². The SMILES string of the molecule is COc1cc(CNC(=O)c2cc(-c3ncn(C[C@H]4CC[C@H](N)CC4)n3)nc(C)n2)ccc1F. The van der Waals surface area contributed by atoms with Crippen LogP contribution in [0.5, 0.6) is 5.75 Å². The van der Waals surface area contributed by atoms with Crippen LogP contribution in [0.1, 0.15) is 47.6 Å². The second kappa shape index (κ2) is 10.0. The number of nitrogens with one attached hydrogen (secondary N) is 1. The lowest BCUT2D eigenvalue weighted by atomic mass is 9.86. The van der Waals surface area contributed by atoms with Crippen LogP contribution in [0.4, 0.5) is 4.39 Å². The molecule has 0 atom stereocenters. The maximum atomic E-state index is 13.6. The first kappa shape index (κ1) is 22.8. The molecule has 3 aromatic rings. The molecule has 1 aromatic carbocycles. The minimum absolute atomic E-state index is 0.125. The van der Waals surface area contributed by atoms with Crippen molar-refractivity contribution in [1.29, 1.82) is 0 Å². The van der Waals surface area contributed by atoms with Gasteiger partial charge in [0.2, 0.25) is 0 Å². The molecular formula is C23H28FN7O2. The number of aromatic nitrogens is 5. The smallest absolute Gasteiger partial charge is 0.270 e. The lowest BCUT2D eigenvalue weighted by molar-refractivity contribution is 0.0945. The molecule has 2 aromatic heterocycles. The lowest BCUT2D eigenvalue weighted by Crippen LogP contribution is -2.28. The number of amides is 1. The van der Waals surface area contributed by atoms with Crippen molar-refractivity contribution in [3.63, 3.8) is 0 Å². The topological polar surface area (TPSA) is 121 Å². The largest absolute Gasteiger partial charge is 0.494 e. The molecule has 0 saturated heterocycles. The van der Waals surface area contributed by atoms with E-state index in [1.165, 1.54) is 13.2 Å². The third kappa shape index (κ3) is 5.70. The van der Waals surface area contributed by atoms with E-state index in [2.05, 4.69) is 25.4 Å². The molecule has 9 nitrogen and oxygen atoms in total. The van der Waals surface area contributed by atoms with Crippen LogP contribution in [0.15, 0.2) is 30.6 Å². The molecule has 0 unspecified atom stereocenters. The van der Waals surface area contributed by atoms with Gasteiger partial charge in [-0.15, -0.1) is 5.10 Å². The fourth-order valence-electron chi connectivity index (χ4n) is 4.02. The van der Waals surface area contributed by atoms with Crippen molar-refractivity contribution in [3.05, 3.63) is 53.5 Å². The standard InChI is InChI=1S/C23H28FN7O2/c1-14-28-19(22-27-13-31(30-22)12-15-3-6-17(25)7-4-15)10-20(29-14)23(32)26-11-16-5-8-18(24)21(9-16)33-2/h5,8-10,13,15,17H,3-4,6-7,11-12,25H2,1-2H3,(H,26,32)/t15-,17-. The molecule has 1 fully saturated rings. The van der Waals surface area contributed by atoms with Gasteiger partial charge in [-0.2, -0.15) is 0 Å². The molecule has 0 spiro atoms. The first-order chi connectivity index (χ1) is 15.9. The van der Waals surface area contributed by atoms with Crippen molar-refractivity contribution in [2.24, 2.45) is 11.7 Å². The zero-order valence-corrected chi connectivity index (χ0v) is 18.8. The van der Waals surface area contributed by atoms with E-state index >= 15 is 0 Å². The van der Waals surface area contributed by atoms with Crippen LogP contribution in [0.25, 0.3) is 11.5 Å². The van der Waals surface area contributed by atoms with Gasteiger partial charge in [-0.05, 0) is 62.3 Å². The number of methoxy groups -OCH3 is 1. The number of rotatable bonds is 7. The normalized spacial score (nSPS) is 18.2. The van der Waals surface area contributed by atoms with Crippen molar-refractivity contribution in [3.8, 4) is 17.3 Å². The van der Waals surface area contributed by atoms with Crippen molar-refractivity contribution in [2.45, 2.75) is 51.7 Å². The minimum Gasteiger partial charge on any atom is -0.494 e. The van der Waals surface area contributed by atoms with Crippen molar-refractivity contribution in [2.75, 3.05) is 7.11 Å². The van der Waals surface area contributed by atoms with Gasteiger partial charge in [0.1, 0.15) is 23.5 Å². The molecule has 2 heterocycles. The van der Waals surface area contributed by atoms with Gasteiger partial charge in [-0.25, -0.2) is 19.3 Å². The maximum Gasteiger partial charge on any atom is 0.270 e. The zero-order valence-electron chi connectivity index (χ0n) is 18.8. The highest BCUT2D eigenvalue weighted by Gasteiger charge is 2.20. The van der Waals surface area contributed by atoms with E-state index in [0.717, 1.165) is 32.2 Å². The van der Waals surface area contributed by atoms with Crippen LogP contribution in [0.3, 0.4) is 0 Å². The molecule has 1 saturated carbocycles. The third-order valence-corrected chi connectivity index (χ3v) is 5.84. The van der Waals surface area contributed by atoms with Crippen LogP contribution in [0, 0.1) is 18.7 Å². The molecule has 10 heteroatoms. The van der Waals surface area contributed by atoms with Crippen LogP contribution in [-0.2, 0) is 13.1 Å². The van der Waals surface area contributed by atoms with Crippen molar-refractivity contribution in [1.82, 2.24) is 30.0 Å². The summed E-state index contributed by atoms with van der Waals surface area (Å²) in [5, 5.41) is 7.35. The number of hydrogen-bond donors (Lipinski definition) is 2. The summed E-state index contributed by atoms with van der Waals surface area (Å²) in [5.74, 6) is 0.729. The molecule has 1 amide bonds. The first-order valence-electron chi connectivity index (χ1n) is 11.0. The number of benzene rings is 1. The number of ether oxygens (including phenoxy) is 1. The summed E-state index contributed by atoms with van der Waals surface area (Å²) < 4.78 is 20.4. The number of halogens is 1. The van der Waals surface area contributed by atoms with E-state index in [-0.39, 0.29) is 23.9 Å². The van der Waals surface area contributed by atoms with E-state index in [0.29, 0.717) is 34.9 Å². The summed E-state index contributed by atoms with van der Waals surface area (Å²) >= 11 is 0. The molecule has 0 bridgehead atoms. The van der Waals surface area contributed by atoms with Crippen molar-refractivity contribution >= 4 is 5.91 Å². The van der Waals surface area contributed by atoms with Crippen LogP contribution < -0.4 is 15.8 Å². The van der Waals surface area contributed by atoms with E-state index < -0.39 is 5.82 Å². The van der Waals surface area contributed by atoms with E-state index in [9.17, 15) is 9.18 Å². The first-order valence-corrected chi connectivity index (χ1v) is 11.0. The Kier molecular flexibility index (Phi) is 6.93. The van der Waals surface area contributed by atoms with Gasteiger partial charge in [0.15, 0.2) is 17.4 Å². The Morgan fingerprint density at radius 1 is 1.24 bits per heavy atom. The fourth-order valence-corrected chi connectivity index (χ4v) is 4.02. The Balaban J connectivity index is 1.43. The Morgan fingerprint density at radius 3 is 2.79 bits per heavy atom. The number of carbonyl (C=O) groups is 1. The quantitative estimate of drug-likeness (QED) is 0.564. The highest BCUT2D eigenvalue weighted by molar-refractivity contribution is 5.93. The van der Waals surface area contributed by atoms with Crippen LogP contribution in [0.2, 0.25) is 0 Å². The summed E-state index contributed by atoms with van der Waals surface area (Å²) in [7, 11) is 1.39. The number of carbonyl (C=O) groups excluding carboxylic acids is 1. The average Bonchev–Trinajstić information content (AvgIpc) is 3.28. The minimum atomic E-state index is -0.456. The Labute approximate surface area is 191 Å². The van der Waals surface area contributed by atoms with Crippen molar-refractivity contribution < 1.29 is 13.9 Å². The Morgan fingerprint density at radius 2 is 2.03 bits per heavy atom. The second-order valence-corrected chi connectivity index (χ2v) is 8.41. The van der Waals surface area contributed by atoms with Gasteiger partial charge in [0.25, 0.3) is 5.91 Å². The third-order valence-electron chi connectivity index (χ3n) is 5.84. The summed E-state index contributed by atoms with van der Waals surface area (Å²) in [6.45, 7) is 2.71. The molecule has 1 aliphatic rings. The van der Waals surface area contributed by atoms with Gasteiger partial charge in [-0.3, -0.25) is 9.48 Å². The predicted octanol–water partition coefficient (Wildman–Crippen LogP) is 2.64. The van der Waals surface area contributed by atoms with E-state index in [1.54, 1.807) is 31.5 Å². The molecule has 0 aliphatic heterocycles. The average molecular weight is 454 g/mol. The molecule has 4 rings (SSSR count). The maximum absolute atomic E-state index is 13.6. The monoisotopic (exact) mass is 453 g/mol. The molecule has 33 heavy (non-hydrogen) atoms. The van der Waals surface area contributed by atoms with Gasteiger partial charge in [-0.1, -0.05) is 6.07 Å². The Bertz CT molecular complexity index is 1130. The van der Waals surface area contributed by atoms with E-state index in [1.807, 2.05) is 4.68 Å². The highest BCUT2D eigenvalue weighted by atomic mass is 19.1. The molecule has 174 valence electrons. The zero-order chi connectivity index (χ0) is 23.4. The highest BCUT2D eigenvalue weighted by Crippen LogP contribution is 2.25. The fraction of sp³-hybridized carbons (Fsp3) is 0.435. The molecular weight excluding hydrogens is 425 g/mol. The van der Waals surface area contributed by atoms with Gasteiger partial charge in [0, 0.05) is 19.1 Å². The molecule has 0 radical (unpaired) electrons. The van der Waals surface area contributed by atoms with Crippen LogP contribution >= 0.6 is 0 Å². The predicted molar refractivity (Wildman–Crippen MR) is 120 cm³/mol. The van der Waals surface area contributed by atoms with Gasteiger partial charge in [0.05, 0.1) is 7.11 Å². The molecule has 3 N–H and O–H groups in total. The lowest BCUT2D eigenvalue weighted by Gasteiger charge is -2.25. The molecule has 1 aliphatic carbocycles. The number of aryl methyl sites for hydroxylation is 1. The summed E-state index contributed by atoms with van der Waals surface area (Å²) in [6, 6.07) is 6.32. The summed E-state index contributed by atoms with van der Waals surface area (Å²) in [6.07, 6.45) is 5.96. The summed E-state index contributed by atoms with van der Waals surface area (Å²) in [4.78, 5) is 25.7.